The molecule has 4 atom stereocenters. The number of halogens is 4. The summed E-state index contributed by atoms with van der Waals surface area (Å²) >= 11 is 9.10. The van der Waals surface area contributed by atoms with Crippen molar-refractivity contribution in [2.75, 3.05) is 25.6 Å². The molecule has 34 heavy (non-hydrogen) atoms. The number of methoxy groups -OCH3 is 1. The van der Waals surface area contributed by atoms with Gasteiger partial charge in [0, 0.05) is 15.9 Å². The third-order valence-electron chi connectivity index (χ3n) is 4.94. The van der Waals surface area contributed by atoms with Crippen LogP contribution in [0.15, 0.2) is 35.1 Å². The molecule has 0 bridgehead atoms. The van der Waals surface area contributed by atoms with Crippen LogP contribution in [0.25, 0.3) is 10.9 Å². The monoisotopic (exact) mass is 563 g/mol. The van der Waals surface area contributed by atoms with Crippen molar-refractivity contribution in [1.29, 1.82) is 0 Å². The number of nitrogens with one attached hydrogen (secondary N) is 1. The average molecular weight is 565 g/mol. The maximum absolute atomic E-state index is 14.5. The van der Waals surface area contributed by atoms with Crippen LogP contribution in [0.1, 0.15) is 0 Å². The van der Waals surface area contributed by atoms with E-state index in [0.29, 0.717) is 15.4 Å². The van der Waals surface area contributed by atoms with E-state index >= 15 is 0 Å². The van der Waals surface area contributed by atoms with Gasteiger partial charge in [-0.05, 0) is 34.1 Å². The van der Waals surface area contributed by atoms with Crippen LogP contribution in [0.2, 0.25) is 5.02 Å². The fourth-order valence-corrected chi connectivity index (χ4v) is 3.56. The van der Waals surface area contributed by atoms with Crippen LogP contribution in [-0.4, -0.2) is 75.2 Å². The molecule has 0 spiro atoms. The van der Waals surface area contributed by atoms with Gasteiger partial charge in [0.25, 0.3) is 0 Å². The minimum atomic E-state index is -2.14. The molecule has 0 amide bonds. The zero-order valence-corrected chi connectivity index (χ0v) is 20.0. The maximum Gasteiger partial charge on any atom is 0.166 e. The standard InChI is InChI=1S/C21H21BrClF2N3O6/c1-33-14-4-9-13(5-15(14)34-16(7-30)20(32)19(31)11(24)6-29)26-8-27-21(9)28-12-3-2-10(22)17(23)18(12)25/h2-5,8,11,16,19-20,29-32H,6-7H2,1H3,(H,26,27,28)/t11-,16-,19+,20+/m1/s1. The highest BCUT2D eigenvalue weighted by atomic mass is 79.9. The van der Waals surface area contributed by atoms with Gasteiger partial charge in [0.2, 0.25) is 0 Å². The second-order valence-electron chi connectivity index (χ2n) is 7.11. The Hall–Kier alpha value is -2.35. The van der Waals surface area contributed by atoms with E-state index in [0.717, 1.165) is 0 Å². The number of rotatable bonds is 10. The molecule has 184 valence electrons. The number of ether oxygens (including phenoxy) is 2. The molecule has 0 saturated heterocycles. The molecule has 1 heterocycles. The normalized spacial score (nSPS) is 15.0. The number of aromatic nitrogens is 2. The van der Waals surface area contributed by atoms with Gasteiger partial charge in [0.05, 0.1) is 36.6 Å². The lowest BCUT2D eigenvalue weighted by Gasteiger charge is -2.28. The first-order valence-electron chi connectivity index (χ1n) is 9.83. The van der Waals surface area contributed by atoms with Crippen molar-refractivity contribution >= 4 is 49.9 Å². The van der Waals surface area contributed by atoms with Crippen molar-refractivity contribution in [2.24, 2.45) is 0 Å². The topological polar surface area (TPSA) is 137 Å². The smallest absolute Gasteiger partial charge is 0.166 e. The predicted octanol–water partition coefficient (Wildman–Crippen LogP) is 2.73. The zero-order chi connectivity index (χ0) is 25.0. The van der Waals surface area contributed by atoms with Crippen LogP contribution < -0.4 is 14.8 Å². The number of hydrogen-bond acceptors (Lipinski definition) is 9. The van der Waals surface area contributed by atoms with Crippen molar-refractivity contribution in [3.05, 3.63) is 45.9 Å². The summed E-state index contributed by atoms with van der Waals surface area (Å²) in [7, 11) is 1.33. The minimum absolute atomic E-state index is 0.0159. The number of nitrogens with zero attached hydrogens (tertiary/aromatic N) is 2. The van der Waals surface area contributed by atoms with Gasteiger partial charge in [-0.15, -0.1) is 0 Å². The van der Waals surface area contributed by atoms with Gasteiger partial charge in [0.15, 0.2) is 29.6 Å². The molecular formula is C21H21BrClF2N3O6. The third kappa shape index (κ3) is 5.48. The van der Waals surface area contributed by atoms with Crippen LogP contribution in [-0.2, 0) is 0 Å². The summed E-state index contributed by atoms with van der Waals surface area (Å²) in [5, 5.41) is 41.6. The minimum Gasteiger partial charge on any atom is -0.493 e. The van der Waals surface area contributed by atoms with E-state index in [1.807, 2.05) is 0 Å². The Morgan fingerprint density at radius 1 is 1.12 bits per heavy atom. The Labute approximate surface area is 206 Å². The predicted molar refractivity (Wildman–Crippen MR) is 124 cm³/mol. The highest BCUT2D eigenvalue weighted by Gasteiger charge is 2.34. The Bertz CT molecular complexity index is 1160. The van der Waals surface area contributed by atoms with Gasteiger partial charge in [-0.3, -0.25) is 0 Å². The molecular weight excluding hydrogens is 544 g/mol. The van der Waals surface area contributed by atoms with Crippen molar-refractivity contribution < 1.29 is 38.7 Å². The third-order valence-corrected chi connectivity index (χ3v) is 6.20. The van der Waals surface area contributed by atoms with Crippen LogP contribution in [0.4, 0.5) is 20.3 Å². The van der Waals surface area contributed by atoms with Crippen LogP contribution in [0.3, 0.4) is 0 Å². The van der Waals surface area contributed by atoms with E-state index in [4.69, 9.17) is 26.2 Å². The van der Waals surface area contributed by atoms with Crippen molar-refractivity contribution in [1.82, 2.24) is 9.97 Å². The average Bonchev–Trinajstić information content (AvgIpc) is 2.85. The summed E-state index contributed by atoms with van der Waals surface area (Å²) in [6.45, 7) is -1.80. The number of aliphatic hydroxyl groups excluding tert-OH is 4. The number of fused-ring (bicyclic) bond motifs is 1. The second kappa shape index (κ2) is 11.4. The molecule has 2 aromatic carbocycles. The number of benzene rings is 2. The number of anilines is 2. The maximum atomic E-state index is 14.5. The summed E-state index contributed by atoms with van der Waals surface area (Å²) in [5.74, 6) is -0.326. The zero-order valence-electron chi connectivity index (χ0n) is 17.6. The van der Waals surface area contributed by atoms with E-state index in [2.05, 4.69) is 31.2 Å². The SMILES string of the molecule is COc1cc2c(Nc3ccc(Br)c(Cl)c3F)ncnc2cc1O[C@H](CO)[C@H](O)[C@@H](O)[C@H](F)CO. The molecule has 9 nitrogen and oxygen atoms in total. The molecule has 0 unspecified atom stereocenters. The number of hydrogen-bond donors (Lipinski definition) is 5. The van der Waals surface area contributed by atoms with Gasteiger partial charge in [-0.2, -0.15) is 0 Å². The van der Waals surface area contributed by atoms with E-state index < -0.39 is 43.5 Å². The Balaban J connectivity index is 1.96. The fourth-order valence-electron chi connectivity index (χ4n) is 3.09. The molecule has 3 aromatic rings. The first kappa shape index (κ1) is 26.3. The van der Waals surface area contributed by atoms with Crippen molar-refractivity contribution in [3.8, 4) is 11.5 Å². The van der Waals surface area contributed by atoms with E-state index in [1.165, 1.54) is 31.6 Å². The Kier molecular flexibility index (Phi) is 8.79. The van der Waals surface area contributed by atoms with E-state index in [9.17, 15) is 24.1 Å². The lowest BCUT2D eigenvalue weighted by Crippen LogP contribution is -2.48. The van der Waals surface area contributed by atoms with Gasteiger partial charge in [0.1, 0.15) is 24.4 Å². The summed E-state index contributed by atoms with van der Waals surface area (Å²) in [6.07, 6.45) is -6.24. The molecule has 0 aliphatic heterocycles. The van der Waals surface area contributed by atoms with Crippen LogP contribution in [0, 0.1) is 5.82 Å². The molecule has 0 aliphatic rings. The van der Waals surface area contributed by atoms with Crippen LogP contribution in [0.5, 0.6) is 11.5 Å². The lowest BCUT2D eigenvalue weighted by molar-refractivity contribution is -0.0981. The first-order valence-corrected chi connectivity index (χ1v) is 11.0. The molecule has 0 radical (unpaired) electrons. The fraction of sp³-hybridized carbons (Fsp3) is 0.333. The quantitative estimate of drug-likeness (QED) is 0.235. The Morgan fingerprint density at radius 3 is 2.50 bits per heavy atom. The van der Waals surface area contributed by atoms with Crippen molar-refractivity contribution in [2.45, 2.75) is 24.5 Å². The van der Waals surface area contributed by atoms with Crippen molar-refractivity contribution in [3.63, 3.8) is 0 Å². The summed E-state index contributed by atoms with van der Waals surface area (Å²) in [6, 6.07) is 5.93. The highest BCUT2D eigenvalue weighted by Crippen LogP contribution is 2.37. The van der Waals surface area contributed by atoms with Gasteiger partial charge in [-0.1, -0.05) is 11.6 Å². The van der Waals surface area contributed by atoms with E-state index in [1.54, 1.807) is 6.07 Å². The Morgan fingerprint density at radius 2 is 1.85 bits per heavy atom. The highest BCUT2D eigenvalue weighted by molar-refractivity contribution is 9.10. The van der Waals surface area contributed by atoms with Gasteiger partial charge >= 0.3 is 0 Å². The molecule has 0 saturated carbocycles. The summed E-state index contributed by atoms with van der Waals surface area (Å²) in [5.41, 5.74) is 0.386. The molecule has 1 aromatic heterocycles. The summed E-state index contributed by atoms with van der Waals surface area (Å²) < 4.78 is 39.4. The largest absolute Gasteiger partial charge is 0.493 e. The van der Waals surface area contributed by atoms with Gasteiger partial charge < -0.3 is 35.2 Å². The molecule has 0 aliphatic carbocycles. The number of alkyl halides is 1. The van der Waals surface area contributed by atoms with Gasteiger partial charge in [-0.25, -0.2) is 18.7 Å². The molecule has 0 fully saturated rings. The molecule has 13 heteroatoms. The second-order valence-corrected chi connectivity index (χ2v) is 8.34. The lowest BCUT2D eigenvalue weighted by atomic mass is 10.0. The molecule has 5 N–H and O–H groups in total. The first-order chi connectivity index (χ1) is 16.2. The summed E-state index contributed by atoms with van der Waals surface area (Å²) in [4.78, 5) is 8.29. The van der Waals surface area contributed by atoms with Crippen LogP contribution >= 0.6 is 27.5 Å². The van der Waals surface area contributed by atoms with E-state index in [-0.39, 0.29) is 28.0 Å². The molecule has 3 rings (SSSR count). The number of aliphatic hydroxyl groups is 4.